The Kier molecular flexibility index (Phi) is 4.75. The number of aromatic nitrogens is 2. The second-order valence-corrected chi connectivity index (χ2v) is 6.97. The number of nitrogens with zero attached hydrogens (tertiary/aromatic N) is 2. The van der Waals surface area contributed by atoms with Gasteiger partial charge < -0.3 is 10.1 Å². The number of aryl methyl sites for hydroxylation is 1. The van der Waals surface area contributed by atoms with Crippen LogP contribution in [0, 0.1) is 6.92 Å². The van der Waals surface area contributed by atoms with E-state index in [0.717, 1.165) is 22.4 Å². The third kappa shape index (κ3) is 4.47. The molecule has 1 aromatic heterocycles. The van der Waals surface area contributed by atoms with E-state index < -0.39 is 11.7 Å². The van der Waals surface area contributed by atoms with Crippen molar-refractivity contribution in [3.63, 3.8) is 0 Å². The van der Waals surface area contributed by atoms with E-state index in [4.69, 9.17) is 4.74 Å². The minimum atomic E-state index is -0.530. The van der Waals surface area contributed by atoms with Crippen LogP contribution in [-0.4, -0.2) is 21.7 Å². The molecule has 2 N–H and O–H groups in total. The number of anilines is 3. The van der Waals surface area contributed by atoms with Crippen molar-refractivity contribution < 1.29 is 9.53 Å². The van der Waals surface area contributed by atoms with Gasteiger partial charge in [0.25, 0.3) is 0 Å². The van der Waals surface area contributed by atoms with Crippen LogP contribution in [0.15, 0.2) is 48.5 Å². The van der Waals surface area contributed by atoms with Gasteiger partial charge in [0.2, 0.25) is 0 Å². The van der Waals surface area contributed by atoms with Crippen molar-refractivity contribution in [2.45, 2.75) is 33.3 Å². The number of rotatable bonds is 3. The molecule has 0 aliphatic carbocycles. The number of carbonyl (C=O) groups excluding carboxylic acids is 1. The van der Waals surface area contributed by atoms with Crippen molar-refractivity contribution in [1.82, 2.24) is 9.97 Å². The van der Waals surface area contributed by atoms with Crippen LogP contribution in [0.3, 0.4) is 0 Å². The Hall–Kier alpha value is -3.15. The van der Waals surface area contributed by atoms with E-state index >= 15 is 0 Å². The molecule has 3 aromatic rings. The van der Waals surface area contributed by atoms with E-state index in [2.05, 4.69) is 20.6 Å². The number of carbonyl (C=O) groups is 1. The zero-order valence-corrected chi connectivity index (χ0v) is 15.3. The maximum absolute atomic E-state index is 11.8. The normalized spacial score (nSPS) is 11.2. The summed E-state index contributed by atoms with van der Waals surface area (Å²) in [7, 11) is 0. The molecule has 0 unspecified atom stereocenters. The van der Waals surface area contributed by atoms with Gasteiger partial charge in [-0.05, 0) is 64.1 Å². The van der Waals surface area contributed by atoms with E-state index in [1.165, 1.54) is 0 Å². The summed E-state index contributed by atoms with van der Waals surface area (Å²) >= 11 is 0. The molecule has 6 nitrogen and oxygen atoms in total. The summed E-state index contributed by atoms with van der Waals surface area (Å²) in [5.41, 5.74) is 1.89. The van der Waals surface area contributed by atoms with Crippen LogP contribution in [0.4, 0.5) is 22.0 Å². The molecule has 6 heteroatoms. The number of benzene rings is 2. The van der Waals surface area contributed by atoms with Gasteiger partial charge in [-0.3, -0.25) is 5.32 Å². The van der Waals surface area contributed by atoms with Crippen molar-refractivity contribution in [2.24, 2.45) is 0 Å². The van der Waals surface area contributed by atoms with Crippen LogP contribution in [-0.2, 0) is 4.74 Å². The van der Waals surface area contributed by atoms with Gasteiger partial charge in [0.05, 0.1) is 5.52 Å². The molecule has 2 aromatic carbocycles. The summed E-state index contributed by atoms with van der Waals surface area (Å²) < 4.78 is 5.25. The lowest BCUT2D eigenvalue weighted by Gasteiger charge is -2.19. The Labute approximate surface area is 152 Å². The van der Waals surface area contributed by atoms with E-state index in [-0.39, 0.29) is 0 Å². The minimum Gasteiger partial charge on any atom is -0.444 e. The molecule has 0 aliphatic heterocycles. The lowest BCUT2D eigenvalue weighted by atomic mass is 10.2. The summed E-state index contributed by atoms with van der Waals surface area (Å²) in [6.45, 7) is 7.35. The monoisotopic (exact) mass is 350 g/mol. The van der Waals surface area contributed by atoms with Gasteiger partial charge in [-0.2, -0.15) is 0 Å². The number of para-hydroxylation sites is 1. The highest BCUT2D eigenvalue weighted by atomic mass is 16.6. The van der Waals surface area contributed by atoms with Crippen molar-refractivity contribution in [1.29, 1.82) is 0 Å². The number of fused-ring (bicyclic) bond motifs is 1. The third-order valence-electron chi connectivity index (χ3n) is 3.51. The first kappa shape index (κ1) is 17.7. The van der Waals surface area contributed by atoms with E-state index in [9.17, 15) is 4.79 Å². The number of nitrogens with one attached hydrogen (secondary N) is 2. The van der Waals surface area contributed by atoms with Gasteiger partial charge in [0.1, 0.15) is 17.2 Å². The zero-order valence-electron chi connectivity index (χ0n) is 15.3. The third-order valence-corrected chi connectivity index (χ3v) is 3.51. The second-order valence-electron chi connectivity index (χ2n) is 6.97. The number of amides is 1. The fourth-order valence-corrected chi connectivity index (χ4v) is 2.48. The standard InChI is InChI=1S/C20H22N4O2/c1-13-21-17-8-6-5-7-16(17)18(22-13)23-14-9-11-15(12-10-14)24-19(25)26-20(2,3)4/h5-12H,1-4H3,(H,24,25)(H,21,22,23). The van der Waals surface area contributed by atoms with Gasteiger partial charge in [0.15, 0.2) is 0 Å². The Bertz CT molecular complexity index is 931. The zero-order chi connectivity index (χ0) is 18.7. The van der Waals surface area contributed by atoms with Gasteiger partial charge in [-0.1, -0.05) is 12.1 Å². The van der Waals surface area contributed by atoms with Gasteiger partial charge >= 0.3 is 6.09 Å². The molecule has 0 saturated carbocycles. The molecule has 0 saturated heterocycles. The van der Waals surface area contributed by atoms with Gasteiger partial charge in [-0.25, -0.2) is 14.8 Å². The molecule has 0 aliphatic rings. The Morgan fingerprint density at radius 2 is 1.62 bits per heavy atom. The molecule has 0 spiro atoms. The maximum atomic E-state index is 11.8. The fraction of sp³-hybridized carbons (Fsp3) is 0.250. The first-order valence-electron chi connectivity index (χ1n) is 8.41. The Morgan fingerprint density at radius 3 is 2.31 bits per heavy atom. The number of hydrogen-bond acceptors (Lipinski definition) is 5. The molecule has 0 bridgehead atoms. The molecule has 1 amide bonds. The molecule has 1 heterocycles. The van der Waals surface area contributed by atoms with E-state index in [1.807, 2.05) is 76.2 Å². The first-order chi connectivity index (χ1) is 12.3. The lowest BCUT2D eigenvalue weighted by Crippen LogP contribution is -2.27. The van der Waals surface area contributed by atoms with Crippen LogP contribution in [0.25, 0.3) is 10.9 Å². The predicted octanol–water partition coefficient (Wildman–Crippen LogP) is 5.03. The van der Waals surface area contributed by atoms with E-state index in [1.54, 1.807) is 0 Å². The molecular formula is C20H22N4O2. The summed E-state index contributed by atoms with van der Waals surface area (Å²) in [5, 5.41) is 6.98. The van der Waals surface area contributed by atoms with Crippen molar-refractivity contribution in [2.75, 3.05) is 10.6 Å². The second kappa shape index (κ2) is 7.00. The Morgan fingerprint density at radius 1 is 0.962 bits per heavy atom. The van der Waals surface area contributed by atoms with Gasteiger partial charge in [0, 0.05) is 16.8 Å². The molecule has 26 heavy (non-hydrogen) atoms. The van der Waals surface area contributed by atoms with Crippen molar-refractivity contribution >= 4 is 34.2 Å². The molecule has 0 atom stereocenters. The maximum Gasteiger partial charge on any atom is 0.412 e. The number of hydrogen-bond donors (Lipinski definition) is 2. The predicted molar refractivity (Wildman–Crippen MR) is 104 cm³/mol. The average Bonchev–Trinajstić information content (AvgIpc) is 2.55. The van der Waals surface area contributed by atoms with Crippen LogP contribution >= 0.6 is 0 Å². The highest BCUT2D eigenvalue weighted by molar-refractivity contribution is 5.91. The van der Waals surface area contributed by atoms with Crippen LogP contribution in [0.5, 0.6) is 0 Å². The van der Waals surface area contributed by atoms with Crippen molar-refractivity contribution in [3.05, 3.63) is 54.4 Å². The van der Waals surface area contributed by atoms with Crippen LogP contribution < -0.4 is 10.6 Å². The summed E-state index contributed by atoms with van der Waals surface area (Å²) in [6, 6.07) is 15.2. The quantitative estimate of drug-likeness (QED) is 0.693. The minimum absolute atomic E-state index is 0.476. The number of ether oxygens (including phenoxy) is 1. The van der Waals surface area contributed by atoms with E-state index in [0.29, 0.717) is 11.5 Å². The first-order valence-corrected chi connectivity index (χ1v) is 8.41. The summed E-state index contributed by atoms with van der Waals surface area (Å²) in [4.78, 5) is 20.8. The molecule has 134 valence electrons. The molecule has 3 rings (SSSR count). The highest BCUT2D eigenvalue weighted by Gasteiger charge is 2.16. The molecular weight excluding hydrogens is 328 g/mol. The largest absolute Gasteiger partial charge is 0.444 e. The topological polar surface area (TPSA) is 76.1 Å². The van der Waals surface area contributed by atoms with Gasteiger partial charge in [-0.15, -0.1) is 0 Å². The smallest absolute Gasteiger partial charge is 0.412 e. The highest BCUT2D eigenvalue weighted by Crippen LogP contribution is 2.24. The van der Waals surface area contributed by atoms with Crippen molar-refractivity contribution in [3.8, 4) is 0 Å². The molecule has 0 fully saturated rings. The lowest BCUT2D eigenvalue weighted by molar-refractivity contribution is 0.0636. The average molecular weight is 350 g/mol. The fourth-order valence-electron chi connectivity index (χ4n) is 2.48. The summed E-state index contributed by atoms with van der Waals surface area (Å²) in [6.07, 6.45) is -0.476. The molecule has 0 radical (unpaired) electrons. The van der Waals surface area contributed by atoms with Crippen LogP contribution in [0.2, 0.25) is 0 Å². The Balaban J connectivity index is 1.75. The van der Waals surface area contributed by atoms with Crippen LogP contribution in [0.1, 0.15) is 26.6 Å². The summed E-state index contributed by atoms with van der Waals surface area (Å²) in [5.74, 6) is 1.45. The SMILES string of the molecule is Cc1nc(Nc2ccc(NC(=O)OC(C)(C)C)cc2)c2ccccc2n1.